The van der Waals surface area contributed by atoms with Crippen LogP contribution in [-0.2, 0) is 0 Å². The topological polar surface area (TPSA) is 64.3 Å². The zero-order chi connectivity index (χ0) is 13.8. The Hall–Kier alpha value is -1.76. The van der Waals surface area contributed by atoms with Gasteiger partial charge in [0.05, 0.1) is 24.0 Å². The largest absolute Gasteiger partial charge is 0.494 e. The van der Waals surface area contributed by atoms with Gasteiger partial charge in [0.15, 0.2) is 5.75 Å². The first-order valence-corrected chi connectivity index (χ1v) is 6.69. The maximum Gasteiger partial charge on any atom is 0.259 e. The van der Waals surface area contributed by atoms with Crippen molar-refractivity contribution in [3.63, 3.8) is 0 Å². The van der Waals surface area contributed by atoms with Crippen LogP contribution in [0.1, 0.15) is 10.4 Å². The first-order valence-electron chi connectivity index (χ1n) is 5.62. The average molecular weight is 368 g/mol. The molecule has 0 spiro atoms. The van der Waals surface area contributed by atoms with Crippen molar-refractivity contribution in [1.82, 2.24) is 0 Å². The highest BCUT2D eigenvalue weighted by Crippen LogP contribution is 2.27. The van der Waals surface area contributed by atoms with Gasteiger partial charge in [-0.2, -0.15) is 0 Å². The van der Waals surface area contributed by atoms with Gasteiger partial charge < -0.3 is 15.8 Å². The van der Waals surface area contributed by atoms with Crippen LogP contribution in [0.2, 0.25) is 0 Å². The van der Waals surface area contributed by atoms with E-state index < -0.39 is 0 Å². The van der Waals surface area contributed by atoms with E-state index in [1.807, 2.05) is 24.3 Å². The number of hydrogen-bond donors (Lipinski definition) is 2. The fourth-order valence-corrected chi connectivity index (χ4v) is 2.24. The minimum absolute atomic E-state index is 0.242. The Morgan fingerprint density at radius 3 is 2.63 bits per heavy atom. The van der Waals surface area contributed by atoms with Crippen molar-refractivity contribution in [3.05, 3.63) is 51.6 Å². The molecular formula is C14H13IN2O2. The van der Waals surface area contributed by atoms with Crippen molar-refractivity contribution < 1.29 is 9.53 Å². The zero-order valence-corrected chi connectivity index (χ0v) is 12.5. The van der Waals surface area contributed by atoms with Crippen LogP contribution in [0.15, 0.2) is 42.5 Å². The van der Waals surface area contributed by atoms with Crippen LogP contribution in [0.25, 0.3) is 0 Å². The number of halogens is 1. The molecule has 19 heavy (non-hydrogen) atoms. The highest BCUT2D eigenvalue weighted by Gasteiger charge is 2.15. The number of carbonyl (C=O) groups excluding carboxylic acids is 1. The summed E-state index contributed by atoms with van der Waals surface area (Å²) in [5.74, 6) is 0.152. The molecule has 0 aromatic heterocycles. The molecule has 3 N–H and O–H groups in total. The molecule has 0 aliphatic carbocycles. The molecule has 0 heterocycles. The van der Waals surface area contributed by atoms with E-state index >= 15 is 0 Å². The minimum atomic E-state index is -0.242. The molecule has 0 atom stereocenters. The molecule has 2 aromatic rings. The number of carbonyl (C=O) groups is 1. The van der Waals surface area contributed by atoms with Crippen LogP contribution in [0.4, 0.5) is 11.4 Å². The van der Waals surface area contributed by atoms with Gasteiger partial charge in [-0.3, -0.25) is 4.79 Å². The number of nitrogens with two attached hydrogens (primary N) is 1. The molecule has 2 aromatic carbocycles. The molecule has 0 unspecified atom stereocenters. The van der Waals surface area contributed by atoms with Crippen LogP contribution in [0, 0.1) is 3.57 Å². The fourth-order valence-electron chi connectivity index (χ4n) is 1.71. The standard InChI is InChI=1S/C14H13IN2O2/c1-19-13-9(5-4-7-11(13)16)14(18)17-12-8-3-2-6-10(12)15/h2-8H,16H2,1H3,(H,17,18). The Morgan fingerprint density at radius 1 is 1.21 bits per heavy atom. The number of para-hydroxylation sites is 2. The summed E-state index contributed by atoms with van der Waals surface area (Å²) in [5.41, 5.74) is 7.41. The second-order valence-electron chi connectivity index (χ2n) is 3.86. The lowest BCUT2D eigenvalue weighted by Gasteiger charge is -2.12. The van der Waals surface area contributed by atoms with Crippen LogP contribution in [0.5, 0.6) is 5.75 Å². The van der Waals surface area contributed by atoms with Crippen molar-refractivity contribution in [2.45, 2.75) is 0 Å². The van der Waals surface area contributed by atoms with E-state index in [0.717, 1.165) is 9.26 Å². The van der Waals surface area contributed by atoms with E-state index in [1.54, 1.807) is 18.2 Å². The predicted molar refractivity (Wildman–Crippen MR) is 84.5 cm³/mol. The number of rotatable bonds is 3. The van der Waals surface area contributed by atoms with E-state index in [-0.39, 0.29) is 5.91 Å². The summed E-state index contributed by atoms with van der Waals surface area (Å²) in [7, 11) is 1.49. The van der Waals surface area contributed by atoms with Gasteiger partial charge in [0.1, 0.15) is 0 Å². The first-order chi connectivity index (χ1) is 9.13. The number of ether oxygens (including phenoxy) is 1. The summed E-state index contributed by atoms with van der Waals surface area (Å²) >= 11 is 2.17. The second-order valence-corrected chi connectivity index (χ2v) is 5.02. The normalized spacial score (nSPS) is 10.0. The summed E-state index contributed by atoms with van der Waals surface area (Å²) in [5, 5.41) is 2.85. The Balaban J connectivity index is 2.31. The van der Waals surface area contributed by atoms with E-state index in [1.165, 1.54) is 7.11 Å². The van der Waals surface area contributed by atoms with Gasteiger partial charge in [0.25, 0.3) is 5.91 Å². The molecule has 1 amide bonds. The van der Waals surface area contributed by atoms with Gasteiger partial charge in [0.2, 0.25) is 0 Å². The second kappa shape index (κ2) is 5.92. The molecular weight excluding hydrogens is 355 g/mol. The average Bonchev–Trinajstić information content (AvgIpc) is 2.41. The maximum atomic E-state index is 12.2. The van der Waals surface area contributed by atoms with Gasteiger partial charge in [-0.05, 0) is 46.9 Å². The lowest BCUT2D eigenvalue weighted by Crippen LogP contribution is -2.14. The summed E-state index contributed by atoms with van der Waals surface area (Å²) in [6, 6.07) is 12.7. The Kier molecular flexibility index (Phi) is 4.26. The number of methoxy groups -OCH3 is 1. The van der Waals surface area contributed by atoms with Crippen molar-refractivity contribution in [3.8, 4) is 5.75 Å². The molecule has 0 aliphatic rings. The molecule has 2 rings (SSSR count). The molecule has 98 valence electrons. The first kappa shape index (κ1) is 13.7. The zero-order valence-electron chi connectivity index (χ0n) is 10.3. The number of nitrogens with one attached hydrogen (secondary N) is 1. The van der Waals surface area contributed by atoms with Crippen LogP contribution < -0.4 is 15.8 Å². The maximum absolute atomic E-state index is 12.2. The quantitative estimate of drug-likeness (QED) is 0.646. The monoisotopic (exact) mass is 368 g/mol. The molecule has 0 aliphatic heterocycles. The van der Waals surface area contributed by atoms with Crippen molar-refractivity contribution in [2.24, 2.45) is 0 Å². The highest BCUT2D eigenvalue weighted by atomic mass is 127. The van der Waals surface area contributed by atoms with Gasteiger partial charge in [-0.25, -0.2) is 0 Å². The predicted octanol–water partition coefficient (Wildman–Crippen LogP) is 3.13. The van der Waals surface area contributed by atoms with Crippen molar-refractivity contribution >= 4 is 39.9 Å². The molecule has 0 saturated heterocycles. The number of nitrogen functional groups attached to an aromatic ring is 1. The molecule has 4 nitrogen and oxygen atoms in total. The number of benzene rings is 2. The van der Waals surface area contributed by atoms with E-state index in [0.29, 0.717) is 17.0 Å². The van der Waals surface area contributed by atoms with Gasteiger partial charge >= 0.3 is 0 Å². The molecule has 0 fully saturated rings. The fraction of sp³-hybridized carbons (Fsp3) is 0.0714. The summed E-state index contributed by atoms with van der Waals surface area (Å²) in [6.07, 6.45) is 0. The van der Waals surface area contributed by atoms with Crippen LogP contribution in [-0.4, -0.2) is 13.0 Å². The Morgan fingerprint density at radius 2 is 1.95 bits per heavy atom. The third kappa shape index (κ3) is 2.98. The number of amides is 1. The third-order valence-corrected chi connectivity index (χ3v) is 3.56. The van der Waals surface area contributed by atoms with E-state index in [4.69, 9.17) is 10.5 Å². The van der Waals surface area contributed by atoms with Crippen molar-refractivity contribution in [2.75, 3.05) is 18.2 Å². The van der Waals surface area contributed by atoms with Gasteiger partial charge in [-0.1, -0.05) is 18.2 Å². The number of hydrogen-bond acceptors (Lipinski definition) is 3. The summed E-state index contributed by atoms with van der Waals surface area (Å²) < 4.78 is 6.15. The smallest absolute Gasteiger partial charge is 0.259 e. The molecule has 0 radical (unpaired) electrons. The SMILES string of the molecule is COc1c(N)cccc1C(=O)Nc1ccccc1I. The third-order valence-electron chi connectivity index (χ3n) is 2.62. The molecule has 5 heteroatoms. The minimum Gasteiger partial charge on any atom is -0.494 e. The lowest BCUT2D eigenvalue weighted by atomic mass is 10.1. The van der Waals surface area contributed by atoms with Crippen molar-refractivity contribution in [1.29, 1.82) is 0 Å². The van der Waals surface area contributed by atoms with E-state index in [2.05, 4.69) is 27.9 Å². The molecule has 0 saturated carbocycles. The summed E-state index contributed by atoms with van der Waals surface area (Å²) in [6.45, 7) is 0. The van der Waals surface area contributed by atoms with Crippen LogP contribution >= 0.6 is 22.6 Å². The van der Waals surface area contributed by atoms with Crippen LogP contribution in [0.3, 0.4) is 0 Å². The summed E-state index contributed by atoms with van der Waals surface area (Å²) in [4.78, 5) is 12.2. The lowest BCUT2D eigenvalue weighted by molar-refractivity contribution is 0.102. The van der Waals surface area contributed by atoms with E-state index in [9.17, 15) is 4.79 Å². The van der Waals surface area contributed by atoms with Gasteiger partial charge in [0, 0.05) is 3.57 Å². The number of anilines is 2. The highest BCUT2D eigenvalue weighted by molar-refractivity contribution is 14.1. The van der Waals surface area contributed by atoms with Gasteiger partial charge in [-0.15, -0.1) is 0 Å². The molecule has 0 bridgehead atoms. The Labute approximate surface area is 125 Å². The Bertz CT molecular complexity index is 614.